The summed E-state index contributed by atoms with van der Waals surface area (Å²) in [6.45, 7) is 16.2. The number of carbonyl (C=O) groups is 3. The van der Waals surface area contributed by atoms with Gasteiger partial charge in [-0.1, -0.05) is 47.4 Å². The highest BCUT2D eigenvalue weighted by atomic mass is 16.1. The van der Waals surface area contributed by atoms with Gasteiger partial charge in [-0.25, -0.2) is 0 Å². The molecule has 0 aromatic rings. The summed E-state index contributed by atoms with van der Waals surface area (Å²) >= 11 is 0. The van der Waals surface area contributed by atoms with Crippen molar-refractivity contribution in [3.05, 3.63) is 68.9 Å². The molecule has 0 aliphatic heterocycles. The maximum Gasteiger partial charge on any atom is 0.150 e. The first-order chi connectivity index (χ1) is 15.6. The first-order valence-electron chi connectivity index (χ1n) is 12.0. The summed E-state index contributed by atoms with van der Waals surface area (Å²) in [6.07, 6.45) is 15.3. The molecule has 0 aromatic carbocycles. The predicted molar refractivity (Wildman–Crippen MR) is 141 cm³/mol. The fourth-order valence-corrected chi connectivity index (χ4v) is 3.52. The monoisotopic (exact) mass is 452 g/mol. The smallest absolute Gasteiger partial charge is 0.150 e. The summed E-state index contributed by atoms with van der Waals surface area (Å²) < 4.78 is 0. The van der Waals surface area contributed by atoms with Crippen LogP contribution < -0.4 is 0 Å². The quantitative estimate of drug-likeness (QED) is 0.109. The molecule has 0 radical (unpaired) electrons. The summed E-state index contributed by atoms with van der Waals surface area (Å²) in [4.78, 5) is 36.2. The fourth-order valence-electron chi connectivity index (χ4n) is 3.52. The molecule has 1 unspecified atom stereocenters. The molecule has 0 spiro atoms. The van der Waals surface area contributed by atoms with E-state index >= 15 is 0 Å². The van der Waals surface area contributed by atoms with E-state index in [1.54, 1.807) is 0 Å². The van der Waals surface area contributed by atoms with Crippen molar-refractivity contribution in [2.75, 3.05) is 0 Å². The van der Waals surface area contributed by atoms with Crippen LogP contribution in [0.3, 0.4) is 0 Å². The van der Waals surface area contributed by atoms with Gasteiger partial charge in [0.05, 0.1) is 0 Å². The number of allylic oxidation sites excluding steroid dienone is 12. The van der Waals surface area contributed by atoms with Crippen LogP contribution in [0.2, 0.25) is 0 Å². The van der Waals surface area contributed by atoms with E-state index in [1.165, 1.54) is 16.7 Å². The fraction of sp³-hybridized carbons (Fsp3) is 0.500. The van der Waals surface area contributed by atoms with Crippen LogP contribution in [0, 0.1) is 5.92 Å². The van der Waals surface area contributed by atoms with E-state index in [2.05, 4.69) is 45.9 Å². The molecule has 182 valence electrons. The van der Waals surface area contributed by atoms with Gasteiger partial charge < -0.3 is 0 Å². The van der Waals surface area contributed by atoms with Gasteiger partial charge in [0.2, 0.25) is 0 Å². The van der Waals surface area contributed by atoms with Gasteiger partial charge in [-0.15, -0.1) is 0 Å². The van der Waals surface area contributed by atoms with Gasteiger partial charge in [-0.3, -0.25) is 14.4 Å². The Kier molecular flexibility index (Phi) is 15.7. The molecule has 0 saturated heterocycles. The highest BCUT2D eigenvalue weighted by molar-refractivity contribution is 5.92. The molecule has 0 fully saturated rings. The summed E-state index contributed by atoms with van der Waals surface area (Å²) in [7, 11) is 0. The molecule has 0 heterocycles. The standard InChI is InChI=1S/C30H44O3/c1-22(2)12-9-15-25(7)28(19-31)18-27(17-11-14-24(5)6)30(21-33)29(20-32)26(8)16-10-13-23(3)4/h12-14,18-21,26H,9-11,15-17H2,1-8H3. The van der Waals surface area contributed by atoms with Crippen LogP contribution >= 0.6 is 0 Å². The summed E-state index contributed by atoms with van der Waals surface area (Å²) in [5.74, 6) is -0.0485. The maximum absolute atomic E-state index is 12.2. The Hall–Kier alpha value is -2.55. The Morgan fingerprint density at radius 3 is 1.64 bits per heavy atom. The van der Waals surface area contributed by atoms with Crippen molar-refractivity contribution >= 4 is 18.9 Å². The highest BCUT2D eigenvalue weighted by Gasteiger charge is 2.17. The lowest BCUT2D eigenvalue weighted by molar-refractivity contribution is -0.107. The average molecular weight is 453 g/mol. The van der Waals surface area contributed by atoms with Crippen LogP contribution in [-0.4, -0.2) is 18.9 Å². The second-order valence-electron chi connectivity index (χ2n) is 9.53. The zero-order valence-corrected chi connectivity index (χ0v) is 22.1. The van der Waals surface area contributed by atoms with Gasteiger partial charge in [0, 0.05) is 16.7 Å². The Bertz CT molecular complexity index is 845. The number of hydrogen-bond acceptors (Lipinski definition) is 3. The molecule has 0 aromatic heterocycles. The van der Waals surface area contributed by atoms with E-state index in [4.69, 9.17) is 0 Å². The molecule has 0 amide bonds. The van der Waals surface area contributed by atoms with E-state index in [0.29, 0.717) is 23.1 Å². The number of hydrogen-bond donors (Lipinski definition) is 0. The van der Waals surface area contributed by atoms with Crippen molar-refractivity contribution in [3.63, 3.8) is 0 Å². The van der Waals surface area contributed by atoms with Crippen molar-refractivity contribution in [2.24, 2.45) is 5.92 Å². The first-order valence-corrected chi connectivity index (χ1v) is 12.0. The third-order valence-electron chi connectivity index (χ3n) is 5.57. The normalized spacial score (nSPS) is 13.8. The molecule has 0 aliphatic carbocycles. The van der Waals surface area contributed by atoms with Crippen molar-refractivity contribution < 1.29 is 14.4 Å². The second-order valence-corrected chi connectivity index (χ2v) is 9.53. The van der Waals surface area contributed by atoms with Crippen LogP contribution in [0.25, 0.3) is 0 Å². The van der Waals surface area contributed by atoms with Crippen LogP contribution in [-0.2, 0) is 14.4 Å². The lowest BCUT2D eigenvalue weighted by Gasteiger charge is -2.16. The number of rotatable bonds is 15. The molecule has 0 rings (SSSR count). The molecule has 0 bridgehead atoms. The number of carbonyl (C=O) groups excluding carboxylic acids is 3. The minimum atomic E-state index is -0.0485. The van der Waals surface area contributed by atoms with Crippen molar-refractivity contribution in [1.29, 1.82) is 0 Å². The molecular formula is C30H44O3. The molecule has 33 heavy (non-hydrogen) atoms. The Balaban J connectivity index is 6.38. The largest absolute Gasteiger partial charge is 0.298 e. The Labute approximate surface area is 202 Å². The Morgan fingerprint density at radius 1 is 0.667 bits per heavy atom. The van der Waals surface area contributed by atoms with E-state index in [0.717, 1.165) is 62.1 Å². The van der Waals surface area contributed by atoms with Gasteiger partial charge in [-0.2, -0.15) is 0 Å². The van der Waals surface area contributed by atoms with Gasteiger partial charge in [0.15, 0.2) is 6.29 Å². The van der Waals surface area contributed by atoms with Crippen LogP contribution in [0.4, 0.5) is 0 Å². The van der Waals surface area contributed by atoms with E-state index < -0.39 is 0 Å². The van der Waals surface area contributed by atoms with Crippen molar-refractivity contribution in [3.8, 4) is 0 Å². The lowest BCUT2D eigenvalue weighted by atomic mass is 9.87. The second kappa shape index (κ2) is 17.0. The summed E-state index contributed by atoms with van der Waals surface area (Å²) in [5.41, 5.74) is 6.95. The zero-order chi connectivity index (χ0) is 25.4. The van der Waals surface area contributed by atoms with Gasteiger partial charge in [-0.05, 0) is 105 Å². The zero-order valence-electron chi connectivity index (χ0n) is 22.1. The first kappa shape index (κ1) is 30.4. The van der Waals surface area contributed by atoms with Crippen LogP contribution in [0.15, 0.2) is 68.9 Å². The summed E-state index contributed by atoms with van der Waals surface area (Å²) in [6, 6.07) is 0. The van der Waals surface area contributed by atoms with E-state index in [-0.39, 0.29) is 5.92 Å². The molecule has 0 saturated carbocycles. The maximum atomic E-state index is 12.2. The van der Waals surface area contributed by atoms with E-state index in [1.807, 2.05) is 33.8 Å². The molecule has 1 atom stereocenters. The third-order valence-corrected chi connectivity index (χ3v) is 5.57. The molecule has 0 aliphatic rings. The molecule has 3 nitrogen and oxygen atoms in total. The van der Waals surface area contributed by atoms with Crippen molar-refractivity contribution in [1.82, 2.24) is 0 Å². The Morgan fingerprint density at radius 2 is 1.18 bits per heavy atom. The third kappa shape index (κ3) is 12.9. The topological polar surface area (TPSA) is 51.2 Å². The van der Waals surface area contributed by atoms with Crippen molar-refractivity contribution in [2.45, 2.75) is 93.9 Å². The van der Waals surface area contributed by atoms with Gasteiger partial charge in [0.1, 0.15) is 12.6 Å². The predicted octanol–water partition coefficient (Wildman–Crippen LogP) is 8.00. The molecule has 3 heteroatoms. The van der Waals surface area contributed by atoms with Gasteiger partial charge in [0.25, 0.3) is 0 Å². The average Bonchev–Trinajstić information content (AvgIpc) is 2.73. The van der Waals surface area contributed by atoms with Crippen LogP contribution in [0.1, 0.15) is 93.9 Å². The lowest BCUT2D eigenvalue weighted by Crippen LogP contribution is -2.08. The summed E-state index contributed by atoms with van der Waals surface area (Å²) in [5, 5.41) is 0. The highest BCUT2D eigenvalue weighted by Crippen LogP contribution is 2.27. The van der Waals surface area contributed by atoms with Crippen LogP contribution in [0.5, 0.6) is 0 Å². The number of aldehydes is 3. The van der Waals surface area contributed by atoms with Gasteiger partial charge >= 0.3 is 0 Å². The molecule has 0 N–H and O–H groups in total. The minimum absolute atomic E-state index is 0.0485. The SMILES string of the molecule is CC(C)=CCCC(=CC(C=O)=C(C)CCC=C(C)C)C(C=O)=C(C=O)C(C)CCC=C(C)C. The van der Waals surface area contributed by atoms with E-state index in [9.17, 15) is 14.4 Å². The minimum Gasteiger partial charge on any atom is -0.298 e. The molecular weight excluding hydrogens is 408 g/mol.